The van der Waals surface area contributed by atoms with E-state index in [1.165, 1.54) is 55.2 Å². The Labute approximate surface area is 110 Å². The zero-order chi connectivity index (χ0) is 12.2. The lowest BCUT2D eigenvalue weighted by atomic mass is 10.1. The van der Waals surface area contributed by atoms with Crippen LogP contribution in [0.3, 0.4) is 0 Å². The maximum Gasteiger partial charge on any atom is 0.0212 e. The average Bonchev–Trinajstić information content (AvgIpc) is 2.70. The summed E-state index contributed by atoms with van der Waals surface area (Å²) in [5.74, 6) is 0. The van der Waals surface area contributed by atoms with Crippen molar-refractivity contribution < 1.29 is 0 Å². The molecular formula is C16H24N2. The van der Waals surface area contributed by atoms with Crippen molar-refractivity contribution in [2.24, 2.45) is 0 Å². The summed E-state index contributed by atoms with van der Waals surface area (Å²) in [6, 6.07) is 7.70. The van der Waals surface area contributed by atoms with Gasteiger partial charge >= 0.3 is 0 Å². The predicted molar refractivity (Wildman–Crippen MR) is 75.3 cm³/mol. The summed E-state index contributed by atoms with van der Waals surface area (Å²) in [5, 5.41) is 7.16. The summed E-state index contributed by atoms with van der Waals surface area (Å²) in [6.07, 6.45) is 8.42. The summed E-state index contributed by atoms with van der Waals surface area (Å²) in [4.78, 5) is 0. The Morgan fingerprint density at radius 2 is 1.78 bits per heavy atom. The van der Waals surface area contributed by atoms with Gasteiger partial charge in [0.25, 0.3) is 0 Å². The second-order valence-electron chi connectivity index (χ2n) is 5.78. The third-order valence-electron chi connectivity index (χ3n) is 4.35. The summed E-state index contributed by atoms with van der Waals surface area (Å²) in [6.45, 7) is 3.14. The minimum Gasteiger partial charge on any atom is -0.310 e. The quantitative estimate of drug-likeness (QED) is 0.798. The smallest absolute Gasteiger partial charge is 0.0212 e. The molecule has 1 saturated carbocycles. The van der Waals surface area contributed by atoms with Gasteiger partial charge in [0.2, 0.25) is 0 Å². The fourth-order valence-corrected chi connectivity index (χ4v) is 3.20. The highest BCUT2D eigenvalue weighted by molar-refractivity contribution is 5.34. The minimum absolute atomic E-state index is 0.749. The van der Waals surface area contributed by atoms with Gasteiger partial charge in [-0.15, -0.1) is 0 Å². The molecule has 1 aromatic carbocycles. The van der Waals surface area contributed by atoms with Crippen LogP contribution in [0.4, 0.5) is 0 Å². The summed E-state index contributed by atoms with van der Waals surface area (Å²) in [7, 11) is 0. The van der Waals surface area contributed by atoms with Crippen LogP contribution in [0.1, 0.15) is 55.2 Å². The van der Waals surface area contributed by atoms with Crippen molar-refractivity contribution in [3.63, 3.8) is 0 Å². The van der Waals surface area contributed by atoms with Crippen molar-refractivity contribution in [1.29, 1.82) is 0 Å². The van der Waals surface area contributed by atoms with Crippen LogP contribution >= 0.6 is 0 Å². The Bertz CT molecular complexity index is 392. The van der Waals surface area contributed by atoms with E-state index in [-0.39, 0.29) is 0 Å². The maximum atomic E-state index is 3.75. The topological polar surface area (TPSA) is 24.1 Å². The van der Waals surface area contributed by atoms with E-state index in [0.717, 1.165) is 25.7 Å². The SMILES string of the molecule is c1cc2c(cc1CNC1CCCCCC1)CNC2. The van der Waals surface area contributed by atoms with E-state index in [1.807, 2.05) is 0 Å². The Hall–Kier alpha value is -0.860. The molecule has 3 rings (SSSR count). The van der Waals surface area contributed by atoms with Crippen LogP contribution in [-0.2, 0) is 19.6 Å². The van der Waals surface area contributed by atoms with E-state index in [9.17, 15) is 0 Å². The normalized spacial score (nSPS) is 20.7. The van der Waals surface area contributed by atoms with Crippen LogP contribution in [0.25, 0.3) is 0 Å². The van der Waals surface area contributed by atoms with Crippen molar-refractivity contribution in [1.82, 2.24) is 10.6 Å². The lowest BCUT2D eigenvalue weighted by Crippen LogP contribution is -2.27. The minimum atomic E-state index is 0.749. The van der Waals surface area contributed by atoms with Gasteiger partial charge < -0.3 is 10.6 Å². The van der Waals surface area contributed by atoms with Crippen LogP contribution in [0.15, 0.2) is 18.2 Å². The molecule has 0 amide bonds. The molecule has 0 spiro atoms. The molecule has 2 aliphatic rings. The molecule has 1 fully saturated rings. The van der Waals surface area contributed by atoms with Crippen molar-refractivity contribution in [3.05, 3.63) is 34.9 Å². The third kappa shape index (κ3) is 2.93. The van der Waals surface area contributed by atoms with E-state index >= 15 is 0 Å². The Morgan fingerprint density at radius 1 is 1.00 bits per heavy atom. The number of nitrogens with one attached hydrogen (secondary N) is 2. The fraction of sp³-hybridized carbons (Fsp3) is 0.625. The fourth-order valence-electron chi connectivity index (χ4n) is 3.20. The van der Waals surface area contributed by atoms with Gasteiger partial charge in [-0.3, -0.25) is 0 Å². The molecule has 98 valence electrons. The van der Waals surface area contributed by atoms with Gasteiger partial charge in [-0.2, -0.15) is 0 Å². The van der Waals surface area contributed by atoms with Crippen molar-refractivity contribution in [3.8, 4) is 0 Å². The third-order valence-corrected chi connectivity index (χ3v) is 4.35. The van der Waals surface area contributed by atoms with Crippen molar-refractivity contribution in [2.45, 2.75) is 64.2 Å². The average molecular weight is 244 g/mol. The van der Waals surface area contributed by atoms with Gasteiger partial charge in [-0.05, 0) is 29.5 Å². The van der Waals surface area contributed by atoms with E-state index < -0.39 is 0 Å². The van der Waals surface area contributed by atoms with Crippen LogP contribution in [0.5, 0.6) is 0 Å². The molecule has 0 saturated heterocycles. The second kappa shape index (κ2) is 5.85. The molecule has 1 heterocycles. The molecule has 0 unspecified atom stereocenters. The molecule has 2 nitrogen and oxygen atoms in total. The molecule has 1 aromatic rings. The van der Waals surface area contributed by atoms with E-state index in [1.54, 1.807) is 0 Å². The molecule has 0 radical (unpaired) electrons. The van der Waals surface area contributed by atoms with Crippen LogP contribution in [0.2, 0.25) is 0 Å². The predicted octanol–water partition coefficient (Wildman–Crippen LogP) is 3.10. The second-order valence-corrected chi connectivity index (χ2v) is 5.78. The molecule has 18 heavy (non-hydrogen) atoms. The van der Waals surface area contributed by atoms with Gasteiger partial charge in [0.05, 0.1) is 0 Å². The van der Waals surface area contributed by atoms with Crippen LogP contribution in [-0.4, -0.2) is 6.04 Å². The zero-order valence-electron chi connectivity index (χ0n) is 11.2. The van der Waals surface area contributed by atoms with E-state index in [0.29, 0.717) is 0 Å². The number of benzene rings is 1. The lowest BCUT2D eigenvalue weighted by molar-refractivity contribution is 0.459. The first kappa shape index (κ1) is 12.2. The summed E-state index contributed by atoms with van der Waals surface area (Å²) >= 11 is 0. The first-order chi connectivity index (χ1) is 8.92. The van der Waals surface area contributed by atoms with Crippen molar-refractivity contribution >= 4 is 0 Å². The highest BCUT2D eigenvalue weighted by atomic mass is 14.9. The van der Waals surface area contributed by atoms with Gasteiger partial charge in [0, 0.05) is 25.7 Å². The van der Waals surface area contributed by atoms with Gasteiger partial charge in [-0.25, -0.2) is 0 Å². The lowest BCUT2D eigenvalue weighted by Gasteiger charge is -2.16. The summed E-state index contributed by atoms with van der Waals surface area (Å²) in [5.41, 5.74) is 4.42. The summed E-state index contributed by atoms with van der Waals surface area (Å²) < 4.78 is 0. The molecule has 1 aliphatic heterocycles. The highest BCUT2D eigenvalue weighted by Gasteiger charge is 2.13. The standard InChI is InChI=1S/C16H24N2/c1-2-4-6-16(5-3-1)18-10-13-7-8-14-11-17-12-15(14)9-13/h7-9,16-18H,1-6,10-12H2. The molecule has 1 aliphatic carbocycles. The molecule has 2 N–H and O–H groups in total. The van der Waals surface area contributed by atoms with Gasteiger partial charge in [-0.1, -0.05) is 43.9 Å². The van der Waals surface area contributed by atoms with Crippen LogP contribution < -0.4 is 10.6 Å². The first-order valence-corrected chi connectivity index (χ1v) is 7.46. The maximum absolute atomic E-state index is 3.75. The van der Waals surface area contributed by atoms with E-state index in [2.05, 4.69) is 28.8 Å². The number of hydrogen-bond donors (Lipinski definition) is 2. The molecule has 0 bridgehead atoms. The zero-order valence-corrected chi connectivity index (χ0v) is 11.2. The Morgan fingerprint density at radius 3 is 2.61 bits per heavy atom. The number of hydrogen-bond acceptors (Lipinski definition) is 2. The van der Waals surface area contributed by atoms with Crippen LogP contribution in [0, 0.1) is 0 Å². The monoisotopic (exact) mass is 244 g/mol. The van der Waals surface area contributed by atoms with E-state index in [4.69, 9.17) is 0 Å². The largest absolute Gasteiger partial charge is 0.310 e. The Balaban J connectivity index is 1.56. The molecular weight excluding hydrogens is 220 g/mol. The van der Waals surface area contributed by atoms with Gasteiger partial charge in [0.1, 0.15) is 0 Å². The number of rotatable bonds is 3. The van der Waals surface area contributed by atoms with Crippen molar-refractivity contribution in [2.75, 3.05) is 0 Å². The van der Waals surface area contributed by atoms with Gasteiger partial charge in [0.15, 0.2) is 0 Å². The molecule has 0 aromatic heterocycles. The Kier molecular flexibility index (Phi) is 3.96. The molecule has 0 atom stereocenters. The molecule has 2 heteroatoms. The number of fused-ring (bicyclic) bond motifs is 1. The highest BCUT2D eigenvalue weighted by Crippen LogP contribution is 2.19. The first-order valence-electron chi connectivity index (χ1n) is 7.46.